The zero-order valence-electron chi connectivity index (χ0n) is 15.1. The summed E-state index contributed by atoms with van der Waals surface area (Å²) in [5, 5.41) is 4.43. The van der Waals surface area contributed by atoms with Gasteiger partial charge >= 0.3 is 0 Å². The van der Waals surface area contributed by atoms with Crippen molar-refractivity contribution in [2.75, 3.05) is 5.32 Å². The molecule has 4 rings (SSSR count). The van der Waals surface area contributed by atoms with Crippen LogP contribution in [0.25, 0.3) is 22.3 Å². The number of halogens is 2. The maximum absolute atomic E-state index is 12.6. The molecule has 0 spiro atoms. The van der Waals surface area contributed by atoms with Crippen molar-refractivity contribution in [3.05, 3.63) is 98.6 Å². The van der Waals surface area contributed by atoms with Crippen LogP contribution in [-0.4, -0.2) is 5.91 Å². The van der Waals surface area contributed by atoms with Crippen LogP contribution >= 0.6 is 23.2 Å². The molecule has 29 heavy (non-hydrogen) atoms. The third-order valence-corrected chi connectivity index (χ3v) is 4.92. The van der Waals surface area contributed by atoms with Gasteiger partial charge in [0.05, 0.1) is 11.8 Å². The molecule has 3 aromatic carbocycles. The van der Waals surface area contributed by atoms with E-state index in [-0.39, 0.29) is 17.8 Å². The van der Waals surface area contributed by atoms with Gasteiger partial charge in [-0.15, -0.1) is 0 Å². The number of anilines is 1. The van der Waals surface area contributed by atoms with Crippen LogP contribution in [0.5, 0.6) is 0 Å². The minimum absolute atomic E-state index is 0.186. The Labute approximate surface area is 176 Å². The van der Waals surface area contributed by atoms with Crippen LogP contribution in [0.1, 0.15) is 5.56 Å². The SMILES string of the molecule is O=C(Cc1ccc(Cl)cc1)Nc1ccc2oc(-c3ccc(Cl)cc3)cc(=O)c2c1. The zero-order valence-corrected chi connectivity index (χ0v) is 16.6. The molecule has 1 aromatic heterocycles. The van der Waals surface area contributed by atoms with E-state index >= 15 is 0 Å². The van der Waals surface area contributed by atoms with E-state index in [1.54, 1.807) is 66.7 Å². The van der Waals surface area contributed by atoms with Crippen molar-refractivity contribution < 1.29 is 9.21 Å². The number of hydrogen-bond acceptors (Lipinski definition) is 3. The van der Waals surface area contributed by atoms with E-state index in [4.69, 9.17) is 27.6 Å². The molecular weight excluding hydrogens is 409 g/mol. The lowest BCUT2D eigenvalue weighted by atomic mass is 10.1. The summed E-state index contributed by atoms with van der Waals surface area (Å²) in [4.78, 5) is 24.9. The molecule has 0 unspecified atom stereocenters. The third-order valence-electron chi connectivity index (χ3n) is 4.42. The van der Waals surface area contributed by atoms with Gasteiger partial charge in [-0.1, -0.05) is 35.3 Å². The predicted octanol–water partition coefficient (Wildman–Crippen LogP) is 5.95. The van der Waals surface area contributed by atoms with Gasteiger partial charge in [0.15, 0.2) is 5.43 Å². The van der Waals surface area contributed by atoms with Gasteiger partial charge in [0.2, 0.25) is 5.91 Å². The van der Waals surface area contributed by atoms with Gasteiger partial charge in [0, 0.05) is 27.4 Å². The molecule has 144 valence electrons. The average molecular weight is 424 g/mol. The first-order valence-corrected chi connectivity index (χ1v) is 9.62. The molecule has 0 fully saturated rings. The van der Waals surface area contributed by atoms with E-state index in [1.165, 1.54) is 6.07 Å². The molecule has 0 atom stereocenters. The lowest BCUT2D eigenvalue weighted by molar-refractivity contribution is -0.115. The summed E-state index contributed by atoms with van der Waals surface area (Å²) in [6.45, 7) is 0. The van der Waals surface area contributed by atoms with E-state index in [1.807, 2.05) is 0 Å². The maximum atomic E-state index is 12.6. The zero-order chi connectivity index (χ0) is 20.4. The molecule has 0 radical (unpaired) electrons. The Kier molecular flexibility index (Phi) is 5.38. The van der Waals surface area contributed by atoms with Gasteiger partial charge in [0.1, 0.15) is 11.3 Å². The fourth-order valence-electron chi connectivity index (χ4n) is 2.98. The molecule has 0 aliphatic rings. The molecule has 0 bridgehead atoms. The molecule has 4 aromatic rings. The second-order valence-electron chi connectivity index (χ2n) is 6.54. The van der Waals surface area contributed by atoms with Crippen LogP contribution < -0.4 is 10.7 Å². The normalized spacial score (nSPS) is 10.8. The molecule has 0 saturated carbocycles. The second-order valence-corrected chi connectivity index (χ2v) is 7.42. The number of rotatable bonds is 4. The van der Waals surface area contributed by atoms with Gasteiger partial charge in [0.25, 0.3) is 0 Å². The molecular formula is C23H15Cl2NO3. The Morgan fingerprint density at radius 1 is 0.862 bits per heavy atom. The van der Waals surface area contributed by atoms with Crippen LogP contribution in [0.4, 0.5) is 5.69 Å². The van der Waals surface area contributed by atoms with Crippen LogP contribution in [0.2, 0.25) is 10.0 Å². The second kappa shape index (κ2) is 8.11. The first-order valence-electron chi connectivity index (χ1n) is 8.86. The number of hydrogen-bond donors (Lipinski definition) is 1. The minimum Gasteiger partial charge on any atom is -0.456 e. The van der Waals surface area contributed by atoms with Gasteiger partial charge < -0.3 is 9.73 Å². The first-order chi connectivity index (χ1) is 14.0. The number of fused-ring (bicyclic) bond motifs is 1. The van der Waals surface area contributed by atoms with E-state index in [2.05, 4.69) is 5.32 Å². The lowest BCUT2D eigenvalue weighted by Gasteiger charge is -2.08. The van der Waals surface area contributed by atoms with Crippen LogP contribution in [0, 0.1) is 0 Å². The summed E-state index contributed by atoms with van der Waals surface area (Å²) >= 11 is 11.8. The van der Waals surface area contributed by atoms with E-state index < -0.39 is 0 Å². The summed E-state index contributed by atoms with van der Waals surface area (Å²) in [5.41, 5.74) is 2.39. The van der Waals surface area contributed by atoms with Gasteiger partial charge in [-0.2, -0.15) is 0 Å². The monoisotopic (exact) mass is 423 g/mol. The molecule has 1 N–H and O–H groups in total. The maximum Gasteiger partial charge on any atom is 0.228 e. The summed E-state index contributed by atoms with van der Waals surface area (Å²) < 4.78 is 5.87. The number of amides is 1. The van der Waals surface area contributed by atoms with Crippen LogP contribution in [0.3, 0.4) is 0 Å². The number of nitrogens with one attached hydrogen (secondary N) is 1. The topological polar surface area (TPSA) is 59.3 Å². The van der Waals surface area contributed by atoms with Gasteiger partial charge in [-0.3, -0.25) is 9.59 Å². The molecule has 1 amide bonds. The molecule has 0 aliphatic carbocycles. The van der Waals surface area contributed by atoms with E-state index in [0.717, 1.165) is 11.1 Å². The highest BCUT2D eigenvalue weighted by molar-refractivity contribution is 6.30. The highest BCUT2D eigenvalue weighted by Crippen LogP contribution is 2.25. The van der Waals surface area contributed by atoms with Crippen molar-refractivity contribution in [2.24, 2.45) is 0 Å². The Bertz CT molecular complexity index is 1250. The summed E-state index contributed by atoms with van der Waals surface area (Å²) in [6.07, 6.45) is 0.208. The number of carbonyl (C=O) groups is 1. The van der Waals surface area contributed by atoms with Gasteiger partial charge in [-0.25, -0.2) is 0 Å². The predicted molar refractivity (Wildman–Crippen MR) is 117 cm³/mol. The molecule has 4 nitrogen and oxygen atoms in total. The molecule has 6 heteroatoms. The third kappa shape index (κ3) is 4.50. The van der Waals surface area contributed by atoms with E-state index in [0.29, 0.717) is 32.5 Å². The number of carbonyl (C=O) groups excluding carboxylic acids is 1. The molecule has 1 heterocycles. The lowest BCUT2D eigenvalue weighted by Crippen LogP contribution is -2.14. The van der Waals surface area contributed by atoms with Crippen molar-refractivity contribution >= 4 is 45.8 Å². The standard InChI is InChI=1S/C23H15Cl2NO3/c24-16-5-1-14(2-6-16)11-23(28)26-18-9-10-21-19(12-18)20(27)13-22(29-21)15-3-7-17(25)8-4-15/h1-10,12-13H,11H2,(H,26,28). The molecule has 0 saturated heterocycles. The van der Waals surface area contributed by atoms with Crippen molar-refractivity contribution in [1.29, 1.82) is 0 Å². The summed E-state index contributed by atoms with van der Waals surface area (Å²) in [7, 11) is 0. The number of benzene rings is 3. The minimum atomic E-state index is -0.190. The Morgan fingerprint density at radius 3 is 2.21 bits per heavy atom. The highest BCUT2D eigenvalue weighted by Gasteiger charge is 2.10. The smallest absolute Gasteiger partial charge is 0.228 e. The average Bonchev–Trinajstić information content (AvgIpc) is 2.70. The van der Waals surface area contributed by atoms with Crippen molar-refractivity contribution in [3.63, 3.8) is 0 Å². The quantitative estimate of drug-likeness (QED) is 0.441. The summed E-state index contributed by atoms with van der Waals surface area (Å²) in [6, 6.07) is 20.6. The van der Waals surface area contributed by atoms with Crippen LogP contribution in [0.15, 0.2) is 82.0 Å². The Balaban J connectivity index is 1.57. The van der Waals surface area contributed by atoms with Crippen molar-refractivity contribution in [2.45, 2.75) is 6.42 Å². The summed E-state index contributed by atoms with van der Waals surface area (Å²) in [5.74, 6) is 0.271. The first kappa shape index (κ1) is 19.2. The Morgan fingerprint density at radius 2 is 1.52 bits per heavy atom. The van der Waals surface area contributed by atoms with Crippen molar-refractivity contribution in [1.82, 2.24) is 0 Å². The van der Waals surface area contributed by atoms with Gasteiger partial charge in [-0.05, 0) is 60.2 Å². The fraction of sp³-hybridized carbons (Fsp3) is 0.0435. The highest BCUT2D eigenvalue weighted by atomic mass is 35.5. The van der Waals surface area contributed by atoms with Crippen molar-refractivity contribution in [3.8, 4) is 11.3 Å². The largest absolute Gasteiger partial charge is 0.456 e. The van der Waals surface area contributed by atoms with Crippen LogP contribution in [-0.2, 0) is 11.2 Å². The van der Waals surface area contributed by atoms with E-state index in [9.17, 15) is 9.59 Å². The fourth-order valence-corrected chi connectivity index (χ4v) is 3.24. The molecule has 0 aliphatic heterocycles. The Hall–Kier alpha value is -3.08.